The number of hydrogen-bond donors (Lipinski definition) is 3. The Balaban J connectivity index is 2.46. The highest BCUT2D eigenvalue weighted by molar-refractivity contribution is 5.82. The van der Waals surface area contributed by atoms with Gasteiger partial charge in [0, 0.05) is 18.6 Å². The molecule has 0 aromatic rings. The van der Waals surface area contributed by atoms with Crippen LogP contribution < -0.4 is 10.6 Å². The van der Waals surface area contributed by atoms with Crippen molar-refractivity contribution in [1.82, 2.24) is 10.6 Å². The van der Waals surface area contributed by atoms with E-state index in [9.17, 15) is 9.59 Å². The molecule has 1 rings (SSSR count). The Morgan fingerprint density at radius 3 is 2.53 bits per heavy atom. The fraction of sp³-hybridized carbons (Fsp3) is 0.846. The molecule has 1 aliphatic carbocycles. The van der Waals surface area contributed by atoms with E-state index >= 15 is 0 Å². The lowest BCUT2D eigenvalue weighted by Gasteiger charge is -2.51. The smallest absolute Gasteiger partial charge is 0.326 e. The topological polar surface area (TPSA) is 87.7 Å². The monoisotopic (exact) mass is 272 g/mol. The van der Waals surface area contributed by atoms with Crippen molar-refractivity contribution in [3.8, 4) is 0 Å². The van der Waals surface area contributed by atoms with Crippen LogP contribution in [0.25, 0.3) is 0 Å². The molecule has 3 atom stereocenters. The maximum atomic E-state index is 11.8. The molecule has 0 spiro atoms. The van der Waals surface area contributed by atoms with Crippen LogP contribution in [-0.2, 0) is 9.53 Å². The lowest BCUT2D eigenvalue weighted by atomic mass is 9.64. The Labute approximate surface area is 113 Å². The number of hydrogen-bond acceptors (Lipinski definition) is 3. The van der Waals surface area contributed by atoms with Crippen LogP contribution >= 0.6 is 0 Å². The van der Waals surface area contributed by atoms with Crippen molar-refractivity contribution in [2.75, 3.05) is 7.11 Å². The molecule has 6 nitrogen and oxygen atoms in total. The number of carbonyl (C=O) groups is 2. The van der Waals surface area contributed by atoms with Crippen molar-refractivity contribution >= 4 is 12.0 Å². The number of carboxylic acid groups (broad SMARTS) is 1. The highest BCUT2D eigenvalue weighted by Crippen LogP contribution is 2.42. The number of amides is 2. The largest absolute Gasteiger partial charge is 0.480 e. The summed E-state index contributed by atoms with van der Waals surface area (Å²) in [6.45, 7) is 5.93. The number of methoxy groups -OCH3 is 1. The average Bonchev–Trinajstić information content (AvgIpc) is 2.33. The van der Waals surface area contributed by atoms with Crippen LogP contribution in [0.15, 0.2) is 0 Å². The van der Waals surface area contributed by atoms with Crippen LogP contribution in [0.1, 0.15) is 40.0 Å². The fourth-order valence-corrected chi connectivity index (χ4v) is 2.43. The molecule has 19 heavy (non-hydrogen) atoms. The van der Waals surface area contributed by atoms with Crippen molar-refractivity contribution in [3.63, 3.8) is 0 Å². The van der Waals surface area contributed by atoms with Gasteiger partial charge in [-0.2, -0.15) is 0 Å². The molecule has 0 aromatic heterocycles. The predicted octanol–water partition coefficient (Wildman–Crippen LogP) is 1.35. The second-order valence-electron chi connectivity index (χ2n) is 5.63. The van der Waals surface area contributed by atoms with Gasteiger partial charge in [0.05, 0.1) is 6.10 Å². The molecule has 1 fully saturated rings. The van der Waals surface area contributed by atoms with Gasteiger partial charge in [0.2, 0.25) is 0 Å². The second kappa shape index (κ2) is 6.23. The third kappa shape index (κ3) is 3.59. The zero-order valence-electron chi connectivity index (χ0n) is 12.0. The fourth-order valence-electron chi connectivity index (χ4n) is 2.43. The zero-order valence-corrected chi connectivity index (χ0v) is 12.0. The summed E-state index contributed by atoms with van der Waals surface area (Å²) < 4.78 is 5.31. The van der Waals surface area contributed by atoms with Crippen molar-refractivity contribution in [3.05, 3.63) is 0 Å². The van der Waals surface area contributed by atoms with Gasteiger partial charge in [-0.05, 0) is 12.8 Å². The minimum Gasteiger partial charge on any atom is -0.480 e. The van der Waals surface area contributed by atoms with Gasteiger partial charge >= 0.3 is 12.0 Å². The SMILES string of the molecule is CCC[C@@H](NC(=O)NC1CC(OC)C1(C)C)C(=O)O. The Morgan fingerprint density at radius 2 is 2.11 bits per heavy atom. The van der Waals surface area contributed by atoms with E-state index in [4.69, 9.17) is 9.84 Å². The minimum absolute atomic E-state index is 0.00789. The van der Waals surface area contributed by atoms with Gasteiger partial charge in [-0.1, -0.05) is 27.2 Å². The molecule has 2 amide bonds. The van der Waals surface area contributed by atoms with Gasteiger partial charge < -0.3 is 20.5 Å². The molecule has 1 saturated carbocycles. The number of urea groups is 1. The molecule has 0 saturated heterocycles. The van der Waals surface area contributed by atoms with Crippen molar-refractivity contribution in [2.45, 2.75) is 58.2 Å². The molecule has 2 unspecified atom stereocenters. The van der Waals surface area contributed by atoms with Crippen LogP contribution in [-0.4, -0.2) is 42.4 Å². The molecule has 6 heteroatoms. The Hall–Kier alpha value is -1.30. The highest BCUT2D eigenvalue weighted by atomic mass is 16.5. The van der Waals surface area contributed by atoms with Crippen LogP contribution in [0.4, 0.5) is 4.79 Å². The lowest BCUT2D eigenvalue weighted by Crippen LogP contribution is -2.63. The Bertz CT molecular complexity index is 344. The number of nitrogens with one attached hydrogen (secondary N) is 2. The van der Waals surface area contributed by atoms with Crippen molar-refractivity contribution in [2.24, 2.45) is 5.41 Å². The van der Waals surface area contributed by atoms with E-state index in [-0.39, 0.29) is 17.6 Å². The maximum absolute atomic E-state index is 11.8. The molecule has 0 heterocycles. The van der Waals surface area contributed by atoms with Gasteiger partial charge in [0.15, 0.2) is 0 Å². The first-order chi connectivity index (χ1) is 8.82. The van der Waals surface area contributed by atoms with Crippen molar-refractivity contribution in [1.29, 1.82) is 0 Å². The summed E-state index contributed by atoms with van der Waals surface area (Å²) in [5, 5.41) is 14.3. The molecule has 1 aliphatic rings. The summed E-state index contributed by atoms with van der Waals surface area (Å²) >= 11 is 0. The first kappa shape index (κ1) is 15.8. The first-order valence-electron chi connectivity index (χ1n) is 6.65. The summed E-state index contributed by atoms with van der Waals surface area (Å²) in [6.07, 6.45) is 2.02. The molecule has 0 aromatic carbocycles. The average molecular weight is 272 g/mol. The third-order valence-electron chi connectivity index (χ3n) is 3.95. The van der Waals surface area contributed by atoms with Gasteiger partial charge in [0.1, 0.15) is 6.04 Å². The number of aliphatic carboxylic acids is 1. The minimum atomic E-state index is -1.00. The summed E-state index contributed by atoms with van der Waals surface area (Å²) in [4.78, 5) is 22.7. The summed E-state index contributed by atoms with van der Waals surface area (Å²) in [6, 6.07) is -1.24. The van der Waals surface area contributed by atoms with Crippen LogP contribution in [0.2, 0.25) is 0 Å². The predicted molar refractivity (Wildman–Crippen MR) is 71.0 cm³/mol. The van der Waals surface area contributed by atoms with E-state index in [0.29, 0.717) is 12.8 Å². The normalized spacial score (nSPS) is 26.1. The first-order valence-corrected chi connectivity index (χ1v) is 6.65. The summed E-state index contributed by atoms with van der Waals surface area (Å²) in [5.74, 6) is -1.00. The van der Waals surface area contributed by atoms with Crippen LogP contribution in [0.5, 0.6) is 0 Å². The van der Waals surface area contributed by atoms with E-state index in [2.05, 4.69) is 10.6 Å². The second-order valence-corrected chi connectivity index (χ2v) is 5.63. The van der Waals surface area contributed by atoms with Gasteiger partial charge in [-0.25, -0.2) is 9.59 Å². The van der Waals surface area contributed by atoms with E-state index in [0.717, 1.165) is 6.42 Å². The third-order valence-corrected chi connectivity index (χ3v) is 3.95. The van der Waals surface area contributed by atoms with Gasteiger partial charge in [0.25, 0.3) is 0 Å². The van der Waals surface area contributed by atoms with E-state index in [1.807, 2.05) is 20.8 Å². The van der Waals surface area contributed by atoms with E-state index in [1.165, 1.54) is 0 Å². The number of ether oxygens (including phenoxy) is 1. The summed E-state index contributed by atoms with van der Waals surface area (Å²) in [7, 11) is 1.66. The molecule has 110 valence electrons. The molecule has 0 bridgehead atoms. The quantitative estimate of drug-likeness (QED) is 0.681. The molecule has 0 aliphatic heterocycles. The number of carbonyl (C=O) groups excluding carboxylic acids is 1. The number of carboxylic acids is 1. The van der Waals surface area contributed by atoms with Crippen molar-refractivity contribution < 1.29 is 19.4 Å². The maximum Gasteiger partial charge on any atom is 0.326 e. The number of rotatable bonds is 6. The highest BCUT2D eigenvalue weighted by Gasteiger charge is 2.49. The Morgan fingerprint density at radius 1 is 1.47 bits per heavy atom. The lowest BCUT2D eigenvalue weighted by molar-refractivity contribution is -0.139. The molecular formula is C13H24N2O4. The molecule has 0 radical (unpaired) electrons. The van der Waals surface area contributed by atoms with E-state index in [1.54, 1.807) is 7.11 Å². The van der Waals surface area contributed by atoms with E-state index < -0.39 is 18.0 Å². The summed E-state index contributed by atoms with van der Waals surface area (Å²) in [5.41, 5.74) is -0.129. The van der Waals surface area contributed by atoms with Crippen LogP contribution in [0, 0.1) is 5.41 Å². The molecule has 3 N–H and O–H groups in total. The Kier molecular flexibility index (Phi) is 5.17. The van der Waals surface area contributed by atoms with Gasteiger partial charge in [-0.3, -0.25) is 0 Å². The van der Waals surface area contributed by atoms with Gasteiger partial charge in [-0.15, -0.1) is 0 Å². The molecular weight excluding hydrogens is 248 g/mol. The standard InChI is InChI=1S/C13H24N2O4/c1-5-6-8(11(16)17)14-12(18)15-9-7-10(19-4)13(9,2)3/h8-10H,5-7H2,1-4H3,(H,16,17)(H2,14,15,18)/t8-,9?,10?/m1/s1. The zero-order chi connectivity index (χ0) is 14.6. The van der Waals surface area contributed by atoms with Crippen LogP contribution in [0.3, 0.4) is 0 Å².